The summed E-state index contributed by atoms with van der Waals surface area (Å²) in [5, 5.41) is 0. The van der Waals surface area contributed by atoms with Crippen LogP contribution >= 0.6 is 0 Å². The molecule has 0 aromatic heterocycles. The fourth-order valence-corrected chi connectivity index (χ4v) is 3.26. The van der Waals surface area contributed by atoms with Crippen LogP contribution in [-0.4, -0.2) is 32.9 Å². The lowest BCUT2D eigenvalue weighted by atomic mass is 10.3. The van der Waals surface area contributed by atoms with Gasteiger partial charge >= 0.3 is 0 Å². The minimum atomic E-state index is -3.46. The Bertz CT molecular complexity index is 500. The zero-order chi connectivity index (χ0) is 13.8. The van der Waals surface area contributed by atoms with E-state index in [4.69, 9.17) is 10.5 Å². The highest BCUT2D eigenvalue weighted by Gasteiger charge is 2.23. The molecule has 102 valence electrons. The van der Waals surface area contributed by atoms with E-state index in [1.165, 1.54) is 23.5 Å². The second kappa shape index (κ2) is 6.06. The summed E-state index contributed by atoms with van der Waals surface area (Å²) in [6.07, 6.45) is 0.777. The van der Waals surface area contributed by atoms with Gasteiger partial charge in [0.05, 0.1) is 17.7 Å². The summed E-state index contributed by atoms with van der Waals surface area (Å²) in [7, 11) is -2.00. The monoisotopic (exact) mass is 272 g/mol. The molecule has 1 rings (SSSR count). The van der Waals surface area contributed by atoms with E-state index in [1.807, 2.05) is 13.8 Å². The molecule has 0 radical (unpaired) electrons. The molecule has 0 fully saturated rings. The second-order valence-electron chi connectivity index (χ2n) is 3.90. The smallest absolute Gasteiger partial charge is 0.243 e. The Kier molecular flexibility index (Phi) is 4.98. The molecule has 0 atom stereocenters. The maximum absolute atomic E-state index is 12.4. The molecule has 0 heterocycles. The number of sulfonamides is 1. The minimum absolute atomic E-state index is 0.212. The summed E-state index contributed by atoms with van der Waals surface area (Å²) >= 11 is 0. The van der Waals surface area contributed by atoms with Crippen LogP contribution in [0.1, 0.15) is 20.3 Å². The van der Waals surface area contributed by atoms with E-state index < -0.39 is 10.0 Å². The number of benzene rings is 1. The average molecular weight is 272 g/mol. The first-order chi connectivity index (χ1) is 8.47. The molecule has 0 bridgehead atoms. The van der Waals surface area contributed by atoms with E-state index in [2.05, 4.69) is 0 Å². The molecule has 1 aromatic carbocycles. The zero-order valence-electron chi connectivity index (χ0n) is 11.0. The second-order valence-corrected chi connectivity index (χ2v) is 5.84. The number of methoxy groups -OCH3 is 1. The highest BCUT2D eigenvalue weighted by atomic mass is 32.2. The van der Waals surface area contributed by atoms with Gasteiger partial charge in [0.1, 0.15) is 5.75 Å². The summed E-state index contributed by atoms with van der Waals surface area (Å²) in [6.45, 7) is 4.72. The van der Waals surface area contributed by atoms with Crippen molar-refractivity contribution in [2.45, 2.75) is 25.2 Å². The third-order valence-electron chi connectivity index (χ3n) is 2.67. The van der Waals surface area contributed by atoms with E-state index in [0.29, 0.717) is 24.5 Å². The maximum Gasteiger partial charge on any atom is 0.243 e. The van der Waals surface area contributed by atoms with Gasteiger partial charge in [-0.3, -0.25) is 0 Å². The number of anilines is 1. The molecule has 0 spiro atoms. The lowest BCUT2D eigenvalue weighted by Gasteiger charge is -2.20. The van der Waals surface area contributed by atoms with Crippen LogP contribution in [0.3, 0.4) is 0 Å². The molecule has 2 N–H and O–H groups in total. The van der Waals surface area contributed by atoms with Crippen molar-refractivity contribution >= 4 is 15.7 Å². The first-order valence-electron chi connectivity index (χ1n) is 5.91. The molecule has 1 aromatic rings. The molecular weight excluding hydrogens is 252 g/mol. The van der Waals surface area contributed by atoms with Crippen LogP contribution in [0.25, 0.3) is 0 Å². The number of rotatable bonds is 6. The molecule has 0 saturated heterocycles. The van der Waals surface area contributed by atoms with Gasteiger partial charge in [-0.2, -0.15) is 4.31 Å². The summed E-state index contributed by atoms with van der Waals surface area (Å²) in [6, 6.07) is 4.51. The van der Waals surface area contributed by atoms with E-state index >= 15 is 0 Å². The largest absolute Gasteiger partial charge is 0.495 e. The van der Waals surface area contributed by atoms with Crippen molar-refractivity contribution in [3.63, 3.8) is 0 Å². The van der Waals surface area contributed by atoms with Gasteiger partial charge in [-0.05, 0) is 18.6 Å². The number of nitrogen functional groups attached to an aromatic ring is 1. The van der Waals surface area contributed by atoms with Crippen LogP contribution in [0.15, 0.2) is 23.1 Å². The van der Waals surface area contributed by atoms with Crippen LogP contribution in [0.4, 0.5) is 5.69 Å². The van der Waals surface area contributed by atoms with E-state index in [0.717, 1.165) is 6.42 Å². The van der Waals surface area contributed by atoms with Crippen LogP contribution in [0.2, 0.25) is 0 Å². The van der Waals surface area contributed by atoms with Crippen molar-refractivity contribution < 1.29 is 13.2 Å². The molecule has 0 saturated carbocycles. The van der Waals surface area contributed by atoms with Crippen LogP contribution in [0.5, 0.6) is 5.75 Å². The SMILES string of the molecule is CCCN(CC)S(=O)(=O)c1ccc(N)c(OC)c1. The standard InChI is InChI=1S/C12H20N2O3S/c1-4-8-14(5-2)18(15,16)10-6-7-11(13)12(9-10)17-3/h6-7,9H,4-5,8,13H2,1-3H3. The van der Waals surface area contributed by atoms with E-state index in [9.17, 15) is 8.42 Å². The number of hydrogen-bond donors (Lipinski definition) is 1. The number of ether oxygens (including phenoxy) is 1. The molecular formula is C12H20N2O3S. The molecule has 6 heteroatoms. The molecule has 0 aliphatic carbocycles. The molecule has 0 aliphatic heterocycles. The zero-order valence-corrected chi connectivity index (χ0v) is 11.8. The lowest BCUT2D eigenvalue weighted by Crippen LogP contribution is -2.31. The van der Waals surface area contributed by atoms with E-state index in [1.54, 1.807) is 6.07 Å². The molecule has 0 aliphatic rings. The lowest BCUT2D eigenvalue weighted by molar-refractivity contribution is 0.412. The van der Waals surface area contributed by atoms with Crippen molar-refractivity contribution in [1.82, 2.24) is 4.31 Å². The van der Waals surface area contributed by atoms with Gasteiger partial charge < -0.3 is 10.5 Å². The van der Waals surface area contributed by atoms with Crippen LogP contribution in [0, 0.1) is 0 Å². The quantitative estimate of drug-likeness (QED) is 0.800. The Hall–Kier alpha value is -1.27. The normalized spacial score (nSPS) is 11.8. The Morgan fingerprint density at radius 3 is 2.50 bits per heavy atom. The van der Waals surface area contributed by atoms with Crippen LogP contribution in [-0.2, 0) is 10.0 Å². The Balaban J connectivity index is 3.19. The third-order valence-corrected chi connectivity index (χ3v) is 4.64. The third kappa shape index (κ3) is 2.94. The Labute approximate surface area is 109 Å². The number of nitrogens with two attached hydrogens (primary N) is 1. The minimum Gasteiger partial charge on any atom is -0.495 e. The maximum atomic E-state index is 12.4. The van der Waals surface area contributed by atoms with Crippen LogP contribution < -0.4 is 10.5 Å². The van der Waals surface area contributed by atoms with Gasteiger partial charge in [0.25, 0.3) is 0 Å². The van der Waals surface area contributed by atoms with Crippen molar-refractivity contribution in [1.29, 1.82) is 0 Å². The van der Waals surface area contributed by atoms with Crippen molar-refractivity contribution in [3.8, 4) is 5.75 Å². The molecule has 0 amide bonds. The summed E-state index contributed by atoms with van der Waals surface area (Å²) in [4.78, 5) is 0.212. The predicted octanol–water partition coefficient (Wildman–Crippen LogP) is 1.70. The Morgan fingerprint density at radius 2 is 2.00 bits per heavy atom. The average Bonchev–Trinajstić information content (AvgIpc) is 2.35. The van der Waals surface area contributed by atoms with Crippen molar-refractivity contribution in [2.75, 3.05) is 25.9 Å². The fourth-order valence-electron chi connectivity index (χ4n) is 1.70. The van der Waals surface area contributed by atoms with Gasteiger partial charge in [-0.1, -0.05) is 13.8 Å². The topological polar surface area (TPSA) is 72.6 Å². The van der Waals surface area contributed by atoms with Gasteiger partial charge in [0.2, 0.25) is 10.0 Å². The van der Waals surface area contributed by atoms with Crippen molar-refractivity contribution in [3.05, 3.63) is 18.2 Å². The first-order valence-corrected chi connectivity index (χ1v) is 7.35. The number of hydrogen-bond acceptors (Lipinski definition) is 4. The summed E-state index contributed by atoms with van der Waals surface area (Å²) < 4.78 is 31.2. The molecule has 18 heavy (non-hydrogen) atoms. The van der Waals surface area contributed by atoms with Gasteiger partial charge in [0, 0.05) is 19.2 Å². The Morgan fingerprint density at radius 1 is 1.33 bits per heavy atom. The predicted molar refractivity (Wildman–Crippen MR) is 72.1 cm³/mol. The fraction of sp³-hybridized carbons (Fsp3) is 0.500. The molecule has 5 nitrogen and oxygen atoms in total. The van der Waals surface area contributed by atoms with Crippen molar-refractivity contribution in [2.24, 2.45) is 0 Å². The number of nitrogens with zero attached hydrogens (tertiary/aromatic N) is 1. The van der Waals surface area contributed by atoms with Gasteiger partial charge in [-0.15, -0.1) is 0 Å². The first kappa shape index (κ1) is 14.8. The molecule has 0 unspecified atom stereocenters. The van der Waals surface area contributed by atoms with Gasteiger partial charge in [-0.25, -0.2) is 8.42 Å². The van der Waals surface area contributed by atoms with Gasteiger partial charge in [0.15, 0.2) is 0 Å². The summed E-state index contributed by atoms with van der Waals surface area (Å²) in [5.74, 6) is 0.378. The highest BCUT2D eigenvalue weighted by molar-refractivity contribution is 7.89. The van der Waals surface area contributed by atoms with E-state index in [-0.39, 0.29) is 4.90 Å². The highest BCUT2D eigenvalue weighted by Crippen LogP contribution is 2.26. The summed E-state index contributed by atoms with van der Waals surface area (Å²) in [5.41, 5.74) is 6.10.